The van der Waals surface area contributed by atoms with Crippen molar-refractivity contribution in [1.29, 1.82) is 0 Å². The van der Waals surface area contributed by atoms with Crippen LogP contribution in [0, 0.1) is 5.92 Å². The van der Waals surface area contributed by atoms with Gasteiger partial charge in [-0.05, 0) is 48.6 Å². The fourth-order valence-corrected chi connectivity index (χ4v) is 4.05. The number of aliphatic imine (C=N–C) groups is 1. The van der Waals surface area contributed by atoms with Gasteiger partial charge in [0.05, 0.1) is 13.1 Å². The van der Waals surface area contributed by atoms with Gasteiger partial charge in [-0.1, -0.05) is 42.5 Å². The van der Waals surface area contributed by atoms with Crippen LogP contribution in [0.15, 0.2) is 78.0 Å². The Hall–Kier alpha value is -3.28. The van der Waals surface area contributed by atoms with Crippen LogP contribution in [0.3, 0.4) is 0 Å². The third-order valence-corrected chi connectivity index (χ3v) is 5.73. The van der Waals surface area contributed by atoms with E-state index in [9.17, 15) is 0 Å². The summed E-state index contributed by atoms with van der Waals surface area (Å²) in [5.74, 6) is 1.51. The molecule has 1 aromatic heterocycles. The zero-order valence-corrected chi connectivity index (χ0v) is 18.2. The molecule has 2 aromatic carbocycles. The summed E-state index contributed by atoms with van der Waals surface area (Å²) in [6.45, 7) is 7.50. The quantitative estimate of drug-likeness (QED) is 0.436. The number of hydrogen-bond donors (Lipinski definition) is 2. The zero-order chi connectivity index (χ0) is 21.3. The van der Waals surface area contributed by atoms with Crippen molar-refractivity contribution in [2.24, 2.45) is 10.9 Å². The van der Waals surface area contributed by atoms with Crippen molar-refractivity contribution in [3.8, 4) is 0 Å². The van der Waals surface area contributed by atoms with Crippen LogP contribution >= 0.6 is 0 Å². The van der Waals surface area contributed by atoms with Gasteiger partial charge in [0.1, 0.15) is 0 Å². The summed E-state index contributed by atoms with van der Waals surface area (Å²) in [6, 6.07) is 21.1. The number of hydrogen-bond acceptors (Lipinski definition) is 3. The summed E-state index contributed by atoms with van der Waals surface area (Å²) in [5.41, 5.74) is 3.80. The molecule has 0 radical (unpaired) electrons. The molecule has 2 N–H and O–H groups in total. The second-order valence-electron chi connectivity index (χ2n) is 7.98. The molecule has 31 heavy (non-hydrogen) atoms. The van der Waals surface area contributed by atoms with E-state index in [1.807, 2.05) is 23.1 Å². The van der Waals surface area contributed by atoms with Gasteiger partial charge < -0.3 is 15.5 Å². The topological polar surface area (TPSA) is 57.5 Å². The van der Waals surface area contributed by atoms with Gasteiger partial charge in [-0.2, -0.15) is 5.10 Å². The zero-order valence-electron chi connectivity index (χ0n) is 18.2. The summed E-state index contributed by atoms with van der Waals surface area (Å²) >= 11 is 0. The van der Waals surface area contributed by atoms with E-state index >= 15 is 0 Å². The lowest BCUT2D eigenvalue weighted by atomic mass is 10.1. The highest BCUT2D eigenvalue weighted by Crippen LogP contribution is 2.23. The van der Waals surface area contributed by atoms with E-state index in [1.165, 1.54) is 23.2 Å². The highest BCUT2D eigenvalue weighted by molar-refractivity contribution is 5.79. The molecule has 1 atom stereocenters. The number of anilines is 1. The van der Waals surface area contributed by atoms with E-state index in [2.05, 4.69) is 82.2 Å². The molecule has 1 aliphatic heterocycles. The van der Waals surface area contributed by atoms with Crippen LogP contribution in [-0.4, -0.2) is 41.9 Å². The van der Waals surface area contributed by atoms with E-state index in [-0.39, 0.29) is 0 Å². The van der Waals surface area contributed by atoms with E-state index in [4.69, 9.17) is 4.99 Å². The normalized spacial score (nSPS) is 16.5. The third kappa shape index (κ3) is 5.87. The van der Waals surface area contributed by atoms with Crippen LogP contribution in [-0.2, 0) is 13.1 Å². The Bertz CT molecular complexity index is 951. The van der Waals surface area contributed by atoms with Gasteiger partial charge in [0.15, 0.2) is 5.96 Å². The Morgan fingerprint density at radius 1 is 1.03 bits per heavy atom. The minimum Gasteiger partial charge on any atom is -0.371 e. The maximum Gasteiger partial charge on any atom is 0.191 e. The van der Waals surface area contributed by atoms with Gasteiger partial charge in [-0.15, -0.1) is 0 Å². The number of guanidine groups is 1. The van der Waals surface area contributed by atoms with Crippen LogP contribution in [0.5, 0.6) is 0 Å². The molecule has 2 heterocycles. The molecule has 0 aliphatic carbocycles. The fraction of sp³-hybridized carbons (Fsp3) is 0.360. The molecule has 1 unspecified atom stereocenters. The minimum atomic E-state index is 0.621. The van der Waals surface area contributed by atoms with Crippen LogP contribution in [0.2, 0.25) is 0 Å². The summed E-state index contributed by atoms with van der Waals surface area (Å²) in [7, 11) is 0. The average molecular weight is 417 g/mol. The van der Waals surface area contributed by atoms with Crippen molar-refractivity contribution < 1.29 is 0 Å². The van der Waals surface area contributed by atoms with Crippen LogP contribution in [0.4, 0.5) is 5.69 Å². The third-order valence-electron chi connectivity index (χ3n) is 5.73. The summed E-state index contributed by atoms with van der Waals surface area (Å²) in [4.78, 5) is 7.34. The van der Waals surface area contributed by atoms with E-state index < -0.39 is 0 Å². The van der Waals surface area contributed by atoms with Crippen molar-refractivity contribution in [2.45, 2.75) is 26.4 Å². The predicted octanol–water partition coefficient (Wildman–Crippen LogP) is 3.51. The number of rotatable bonds is 8. The molecule has 0 saturated carbocycles. The first kappa shape index (κ1) is 21.0. The molecule has 3 aromatic rings. The first-order valence-electron chi connectivity index (χ1n) is 11.2. The SMILES string of the molecule is CCNC(=NCc1ccccc1Cn1cccn1)NCC1CCN(c2ccccc2)C1. The highest BCUT2D eigenvalue weighted by Gasteiger charge is 2.22. The van der Waals surface area contributed by atoms with E-state index in [0.717, 1.165) is 38.7 Å². The molecule has 0 amide bonds. The first-order chi connectivity index (χ1) is 15.3. The molecule has 0 bridgehead atoms. The fourth-order valence-electron chi connectivity index (χ4n) is 4.05. The molecule has 1 fully saturated rings. The second-order valence-corrected chi connectivity index (χ2v) is 7.98. The smallest absolute Gasteiger partial charge is 0.191 e. The Morgan fingerprint density at radius 2 is 1.84 bits per heavy atom. The van der Waals surface area contributed by atoms with Crippen molar-refractivity contribution in [2.75, 3.05) is 31.1 Å². The second kappa shape index (κ2) is 10.7. The van der Waals surface area contributed by atoms with Gasteiger partial charge in [0.2, 0.25) is 0 Å². The highest BCUT2D eigenvalue weighted by atomic mass is 15.3. The number of para-hydroxylation sites is 1. The van der Waals surface area contributed by atoms with E-state index in [0.29, 0.717) is 12.5 Å². The van der Waals surface area contributed by atoms with Gasteiger partial charge in [-0.25, -0.2) is 4.99 Å². The molecule has 4 rings (SSSR count). The lowest BCUT2D eigenvalue weighted by Crippen LogP contribution is -2.40. The summed E-state index contributed by atoms with van der Waals surface area (Å²) in [6.07, 6.45) is 5.01. The van der Waals surface area contributed by atoms with Crippen molar-refractivity contribution >= 4 is 11.6 Å². The Labute approximate surface area is 185 Å². The maximum atomic E-state index is 4.86. The molecular weight excluding hydrogens is 384 g/mol. The van der Waals surface area contributed by atoms with E-state index in [1.54, 1.807) is 0 Å². The number of benzene rings is 2. The lowest BCUT2D eigenvalue weighted by molar-refractivity contribution is 0.565. The van der Waals surface area contributed by atoms with Crippen LogP contribution < -0.4 is 15.5 Å². The molecule has 6 nitrogen and oxygen atoms in total. The first-order valence-corrected chi connectivity index (χ1v) is 11.2. The Balaban J connectivity index is 1.34. The molecule has 1 saturated heterocycles. The molecule has 6 heteroatoms. The average Bonchev–Trinajstić information content (AvgIpc) is 3.49. The predicted molar refractivity (Wildman–Crippen MR) is 127 cm³/mol. The van der Waals surface area contributed by atoms with Crippen LogP contribution in [0.1, 0.15) is 24.5 Å². The van der Waals surface area contributed by atoms with Gasteiger partial charge in [0.25, 0.3) is 0 Å². The largest absolute Gasteiger partial charge is 0.371 e. The molecule has 1 aliphatic rings. The van der Waals surface area contributed by atoms with Crippen LogP contribution in [0.25, 0.3) is 0 Å². The number of aromatic nitrogens is 2. The van der Waals surface area contributed by atoms with Crippen molar-refractivity contribution in [1.82, 2.24) is 20.4 Å². The van der Waals surface area contributed by atoms with Crippen molar-refractivity contribution in [3.05, 3.63) is 84.2 Å². The molecular formula is C25H32N6. The lowest BCUT2D eigenvalue weighted by Gasteiger charge is -2.19. The Morgan fingerprint density at radius 3 is 2.61 bits per heavy atom. The number of nitrogens with zero attached hydrogens (tertiary/aromatic N) is 4. The van der Waals surface area contributed by atoms with Gasteiger partial charge in [0, 0.05) is 44.3 Å². The minimum absolute atomic E-state index is 0.621. The summed E-state index contributed by atoms with van der Waals surface area (Å²) in [5, 5.41) is 11.3. The molecule has 162 valence electrons. The summed E-state index contributed by atoms with van der Waals surface area (Å²) < 4.78 is 1.95. The maximum absolute atomic E-state index is 4.86. The van der Waals surface area contributed by atoms with Gasteiger partial charge >= 0.3 is 0 Å². The Kier molecular flexibility index (Phi) is 7.21. The number of nitrogens with one attached hydrogen (secondary N) is 2. The standard InChI is InChI=1S/C25H32N6/c1-2-26-25(27-17-21-13-16-30(19-21)24-11-4-3-5-12-24)28-18-22-9-6-7-10-23(22)20-31-15-8-14-29-31/h3-12,14-15,21H,2,13,16-20H2,1H3,(H2,26,27,28). The van der Waals surface area contributed by atoms with Crippen molar-refractivity contribution in [3.63, 3.8) is 0 Å². The van der Waals surface area contributed by atoms with Gasteiger partial charge in [-0.3, -0.25) is 4.68 Å². The monoisotopic (exact) mass is 416 g/mol. The molecule has 0 spiro atoms.